The summed E-state index contributed by atoms with van der Waals surface area (Å²) in [6, 6.07) is 10.7. The van der Waals surface area contributed by atoms with Crippen LogP contribution in [0.25, 0.3) is 0 Å². The number of hydrogen-bond acceptors (Lipinski definition) is 2. The molecular formula is C12H9BrO2. The van der Waals surface area contributed by atoms with E-state index in [1.807, 2.05) is 19.1 Å². The summed E-state index contributed by atoms with van der Waals surface area (Å²) in [7, 11) is 0. The molecule has 0 aliphatic carbocycles. The zero-order valence-corrected chi connectivity index (χ0v) is 9.74. The van der Waals surface area contributed by atoms with E-state index in [1.165, 1.54) is 0 Å². The standard InChI is InChI=1S/C12H9BrO2/c1-8-2-7-11(15-8)12(14)9-3-5-10(13)6-4-9/h2-7H,1H3. The minimum absolute atomic E-state index is 0.0874. The van der Waals surface area contributed by atoms with Gasteiger partial charge in [-0.15, -0.1) is 0 Å². The number of carbonyl (C=O) groups excluding carboxylic acids is 1. The molecule has 0 saturated carbocycles. The third-order valence-electron chi connectivity index (χ3n) is 2.07. The first-order valence-electron chi connectivity index (χ1n) is 4.53. The quantitative estimate of drug-likeness (QED) is 0.777. The van der Waals surface area contributed by atoms with Crippen LogP contribution in [0.4, 0.5) is 0 Å². The van der Waals surface area contributed by atoms with E-state index in [0.29, 0.717) is 11.3 Å². The SMILES string of the molecule is Cc1ccc(C(=O)c2ccc(Br)cc2)o1. The fraction of sp³-hybridized carbons (Fsp3) is 0.0833. The highest BCUT2D eigenvalue weighted by Crippen LogP contribution is 2.15. The highest BCUT2D eigenvalue weighted by atomic mass is 79.9. The summed E-state index contributed by atoms with van der Waals surface area (Å²) in [5.74, 6) is 1.04. The van der Waals surface area contributed by atoms with Crippen molar-refractivity contribution in [2.24, 2.45) is 0 Å². The van der Waals surface area contributed by atoms with Crippen LogP contribution in [0, 0.1) is 6.92 Å². The molecule has 76 valence electrons. The predicted octanol–water partition coefficient (Wildman–Crippen LogP) is 3.58. The Balaban J connectivity index is 2.32. The maximum Gasteiger partial charge on any atom is 0.228 e. The van der Waals surface area contributed by atoms with Crippen molar-refractivity contribution < 1.29 is 9.21 Å². The second kappa shape index (κ2) is 4.03. The third-order valence-corrected chi connectivity index (χ3v) is 2.60. The van der Waals surface area contributed by atoms with E-state index in [0.717, 1.165) is 10.2 Å². The van der Waals surface area contributed by atoms with Gasteiger partial charge in [0.25, 0.3) is 0 Å². The van der Waals surface area contributed by atoms with Crippen molar-refractivity contribution in [2.45, 2.75) is 6.92 Å². The molecule has 3 heteroatoms. The lowest BCUT2D eigenvalue weighted by molar-refractivity contribution is 0.101. The summed E-state index contributed by atoms with van der Waals surface area (Å²) in [5.41, 5.74) is 0.632. The first kappa shape index (κ1) is 10.2. The molecular weight excluding hydrogens is 256 g/mol. The molecule has 1 aromatic carbocycles. The normalized spacial score (nSPS) is 10.3. The fourth-order valence-electron chi connectivity index (χ4n) is 1.30. The number of benzene rings is 1. The Morgan fingerprint density at radius 2 is 1.80 bits per heavy atom. The fourth-order valence-corrected chi connectivity index (χ4v) is 1.56. The third kappa shape index (κ3) is 2.18. The minimum Gasteiger partial charge on any atom is -0.458 e. The van der Waals surface area contributed by atoms with Crippen molar-refractivity contribution in [3.63, 3.8) is 0 Å². The Bertz CT molecular complexity index is 483. The topological polar surface area (TPSA) is 30.2 Å². The molecule has 1 aromatic heterocycles. The first-order chi connectivity index (χ1) is 7.16. The number of halogens is 1. The smallest absolute Gasteiger partial charge is 0.228 e. The predicted molar refractivity (Wildman–Crippen MR) is 61.0 cm³/mol. The van der Waals surface area contributed by atoms with Crippen LogP contribution in [0.2, 0.25) is 0 Å². The van der Waals surface area contributed by atoms with Crippen LogP contribution in [0.1, 0.15) is 21.9 Å². The molecule has 0 aliphatic heterocycles. The molecule has 0 radical (unpaired) electrons. The second-order valence-electron chi connectivity index (χ2n) is 3.25. The lowest BCUT2D eigenvalue weighted by Gasteiger charge is -1.97. The molecule has 0 bridgehead atoms. The molecule has 2 aromatic rings. The van der Waals surface area contributed by atoms with Gasteiger partial charge in [0.1, 0.15) is 5.76 Å². The number of aryl methyl sites for hydroxylation is 1. The molecule has 2 nitrogen and oxygen atoms in total. The van der Waals surface area contributed by atoms with Gasteiger partial charge in [-0.3, -0.25) is 4.79 Å². The molecule has 0 aliphatic rings. The lowest BCUT2D eigenvalue weighted by Crippen LogP contribution is -1.98. The van der Waals surface area contributed by atoms with Gasteiger partial charge in [-0.2, -0.15) is 0 Å². The summed E-state index contributed by atoms with van der Waals surface area (Å²) in [5, 5.41) is 0. The molecule has 0 spiro atoms. The largest absolute Gasteiger partial charge is 0.458 e. The van der Waals surface area contributed by atoms with Gasteiger partial charge >= 0.3 is 0 Å². The van der Waals surface area contributed by atoms with E-state index in [-0.39, 0.29) is 5.78 Å². The average Bonchev–Trinajstić information content (AvgIpc) is 2.65. The van der Waals surface area contributed by atoms with Crippen molar-refractivity contribution in [2.75, 3.05) is 0 Å². The highest BCUT2D eigenvalue weighted by molar-refractivity contribution is 9.10. The van der Waals surface area contributed by atoms with Crippen LogP contribution in [-0.4, -0.2) is 5.78 Å². The van der Waals surface area contributed by atoms with Crippen molar-refractivity contribution >= 4 is 21.7 Å². The Labute approximate surface area is 96.0 Å². The minimum atomic E-state index is -0.0874. The van der Waals surface area contributed by atoms with Crippen molar-refractivity contribution in [3.8, 4) is 0 Å². The van der Waals surface area contributed by atoms with Crippen molar-refractivity contribution in [1.82, 2.24) is 0 Å². The van der Waals surface area contributed by atoms with Gasteiger partial charge in [-0.25, -0.2) is 0 Å². The molecule has 15 heavy (non-hydrogen) atoms. The van der Waals surface area contributed by atoms with E-state index < -0.39 is 0 Å². The van der Waals surface area contributed by atoms with E-state index in [4.69, 9.17) is 4.42 Å². The molecule has 1 heterocycles. The molecule has 0 unspecified atom stereocenters. The maximum absolute atomic E-state index is 11.9. The lowest BCUT2D eigenvalue weighted by atomic mass is 10.1. The summed E-state index contributed by atoms with van der Waals surface area (Å²) >= 11 is 3.32. The number of furan rings is 1. The zero-order chi connectivity index (χ0) is 10.8. The van der Waals surface area contributed by atoms with Crippen LogP contribution in [0.5, 0.6) is 0 Å². The zero-order valence-electron chi connectivity index (χ0n) is 8.16. The van der Waals surface area contributed by atoms with Gasteiger partial charge < -0.3 is 4.42 Å². The number of carbonyl (C=O) groups is 1. The van der Waals surface area contributed by atoms with Gasteiger partial charge in [-0.05, 0) is 43.3 Å². The summed E-state index contributed by atoms with van der Waals surface area (Å²) in [4.78, 5) is 11.9. The van der Waals surface area contributed by atoms with Gasteiger partial charge in [-0.1, -0.05) is 15.9 Å². The van der Waals surface area contributed by atoms with Crippen molar-refractivity contribution in [1.29, 1.82) is 0 Å². The highest BCUT2D eigenvalue weighted by Gasteiger charge is 2.12. The van der Waals surface area contributed by atoms with Crippen LogP contribution in [0.15, 0.2) is 45.3 Å². The van der Waals surface area contributed by atoms with Crippen LogP contribution >= 0.6 is 15.9 Å². The van der Waals surface area contributed by atoms with Crippen LogP contribution < -0.4 is 0 Å². The van der Waals surface area contributed by atoms with Gasteiger partial charge in [0, 0.05) is 10.0 Å². The molecule has 0 N–H and O–H groups in total. The molecule has 0 fully saturated rings. The molecule has 0 atom stereocenters. The molecule has 2 rings (SSSR count). The van der Waals surface area contributed by atoms with Crippen LogP contribution in [0.3, 0.4) is 0 Å². The summed E-state index contributed by atoms with van der Waals surface area (Å²) in [6.07, 6.45) is 0. The Morgan fingerprint density at radius 1 is 1.13 bits per heavy atom. The molecule has 0 amide bonds. The number of rotatable bonds is 2. The monoisotopic (exact) mass is 264 g/mol. The van der Waals surface area contributed by atoms with E-state index in [2.05, 4.69) is 15.9 Å². The Hall–Kier alpha value is -1.35. The van der Waals surface area contributed by atoms with Crippen LogP contribution in [-0.2, 0) is 0 Å². The van der Waals surface area contributed by atoms with Crippen molar-refractivity contribution in [3.05, 3.63) is 58.0 Å². The van der Waals surface area contributed by atoms with E-state index in [1.54, 1.807) is 24.3 Å². The first-order valence-corrected chi connectivity index (χ1v) is 5.33. The maximum atomic E-state index is 11.9. The summed E-state index contributed by atoms with van der Waals surface area (Å²) < 4.78 is 6.22. The average molecular weight is 265 g/mol. The number of ketones is 1. The Morgan fingerprint density at radius 3 is 2.33 bits per heavy atom. The summed E-state index contributed by atoms with van der Waals surface area (Å²) in [6.45, 7) is 1.82. The van der Waals surface area contributed by atoms with E-state index in [9.17, 15) is 4.79 Å². The molecule has 0 saturated heterocycles. The van der Waals surface area contributed by atoms with Gasteiger partial charge in [0.15, 0.2) is 5.76 Å². The van der Waals surface area contributed by atoms with Gasteiger partial charge in [0.2, 0.25) is 5.78 Å². The second-order valence-corrected chi connectivity index (χ2v) is 4.16. The van der Waals surface area contributed by atoms with Gasteiger partial charge in [0.05, 0.1) is 0 Å². The van der Waals surface area contributed by atoms with E-state index >= 15 is 0 Å². The number of hydrogen-bond donors (Lipinski definition) is 0. The Kier molecular flexibility index (Phi) is 2.73.